The fourth-order valence-corrected chi connectivity index (χ4v) is 7.59. The van der Waals surface area contributed by atoms with Crippen LogP contribution in [-0.4, -0.2) is 80.9 Å². The largest absolute Gasteiger partial charge is 0.351 e. The second-order valence-electron chi connectivity index (χ2n) is 9.55. The minimum atomic E-state index is -3.56. The summed E-state index contributed by atoms with van der Waals surface area (Å²) in [5, 5.41) is 4.71. The van der Waals surface area contributed by atoms with Crippen molar-refractivity contribution in [2.75, 3.05) is 57.3 Å². The van der Waals surface area contributed by atoms with Crippen LogP contribution in [0.1, 0.15) is 42.6 Å². The zero-order valence-electron chi connectivity index (χ0n) is 22.2. The van der Waals surface area contributed by atoms with Crippen LogP contribution in [0.4, 0.5) is 5.13 Å². The zero-order valence-corrected chi connectivity index (χ0v) is 24.6. The van der Waals surface area contributed by atoms with E-state index in [4.69, 9.17) is 16.6 Å². The molecule has 1 aliphatic rings. The first-order chi connectivity index (χ1) is 18.2. The molecule has 2 heterocycles. The molecule has 1 N–H and O–H groups in total. The van der Waals surface area contributed by atoms with Crippen molar-refractivity contribution >= 4 is 54.2 Å². The molecule has 38 heavy (non-hydrogen) atoms. The number of benzene rings is 2. The SMILES string of the molecule is CCCN(CCC)S(=O)(=O)c1ccc(C(=O)NCCN2CCN(c3nc4c(C)ccc(Cl)c4s3)CC2)cc1. The molecule has 0 bridgehead atoms. The van der Waals surface area contributed by atoms with Crippen LogP contribution in [0.2, 0.25) is 5.02 Å². The van der Waals surface area contributed by atoms with Crippen LogP contribution in [0.15, 0.2) is 41.3 Å². The number of hydrogen-bond acceptors (Lipinski definition) is 7. The fourth-order valence-electron chi connectivity index (χ4n) is 4.60. The minimum absolute atomic E-state index is 0.201. The Morgan fingerprint density at radius 1 is 1.05 bits per heavy atom. The molecular formula is C27H36ClN5O3S2. The Balaban J connectivity index is 1.26. The lowest BCUT2D eigenvalue weighted by Gasteiger charge is -2.34. The van der Waals surface area contributed by atoms with E-state index in [2.05, 4.69) is 22.0 Å². The number of carbonyl (C=O) groups excluding carboxylic acids is 1. The van der Waals surface area contributed by atoms with Crippen molar-refractivity contribution in [3.05, 3.63) is 52.5 Å². The molecule has 0 radical (unpaired) electrons. The number of carbonyl (C=O) groups is 1. The maximum absolute atomic E-state index is 12.9. The van der Waals surface area contributed by atoms with Gasteiger partial charge in [-0.25, -0.2) is 13.4 Å². The molecule has 0 aliphatic carbocycles. The van der Waals surface area contributed by atoms with Crippen molar-refractivity contribution in [2.45, 2.75) is 38.5 Å². The Labute approximate surface area is 234 Å². The van der Waals surface area contributed by atoms with Crippen molar-refractivity contribution in [3.8, 4) is 0 Å². The number of nitrogens with one attached hydrogen (secondary N) is 1. The van der Waals surface area contributed by atoms with Gasteiger partial charge in [0.1, 0.15) is 0 Å². The first-order valence-corrected chi connectivity index (χ1v) is 15.8. The van der Waals surface area contributed by atoms with E-state index in [0.29, 0.717) is 25.2 Å². The predicted molar refractivity (Wildman–Crippen MR) is 156 cm³/mol. The van der Waals surface area contributed by atoms with Crippen molar-refractivity contribution in [2.24, 2.45) is 0 Å². The fraction of sp³-hybridized carbons (Fsp3) is 0.481. The number of nitrogens with zero attached hydrogens (tertiary/aromatic N) is 4. The molecule has 0 unspecified atom stereocenters. The normalized spacial score (nSPS) is 14.9. The summed E-state index contributed by atoms with van der Waals surface area (Å²) in [5.41, 5.74) is 2.57. The molecule has 0 spiro atoms. The lowest BCUT2D eigenvalue weighted by Crippen LogP contribution is -2.48. The summed E-state index contributed by atoms with van der Waals surface area (Å²) in [4.78, 5) is 22.3. The molecule has 0 saturated carbocycles. The van der Waals surface area contributed by atoms with E-state index in [9.17, 15) is 13.2 Å². The van der Waals surface area contributed by atoms with E-state index >= 15 is 0 Å². The molecular weight excluding hydrogens is 542 g/mol. The number of amides is 1. The number of thiazole rings is 1. The Morgan fingerprint density at radius 2 is 1.71 bits per heavy atom. The Morgan fingerprint density at radius 3 is 2.32 bits per heavy atom. The number of halogens is 1. The van der Waals surface area contributed by atoms with E-state index in [1.165, 1.54) is 16.4 Å². The highest BCUT2D eigenvalue weighted by Gasteiger charge is 2.24. The van der Waals surface area contributed by atoms with Crippen LogP contribution in [-0.2, 0) is 10.0 Å². The number of fused-ring (bicyclic) bond motifs is 1. The maximum Gasteiger partial charge on any atom is 0.251 e. The first-order valence-electron chi connectivity index (χ1n) is 13.2. The van der Waals surface area contributed by atoms with Gasteiger partial charge in [-0.3, -0.25) is 9.69 Å². The van der Waals surface area contributed by atoms with Gasteiger partial charge in [0.15, 0.2) is 5.13 Å². The second-order valence-corrected chi connectivity index (χ2v) is 12.9. The van der Waals surface area contributed by atoms with E-state index in [0.717, 1.165) is 71.5 Å². The average Bonchev–Trinajstić information content (AvgIpc) is 3.38. The smallest absolute Gasteiger partial charge is 0.251 e. The number of hydrogen-bond donors (Lipinski definition) is 1. The van der Waals surface area contributed by atoms with E-state index in [1.807, 2.05) is 26.0 Å². The van der Waals surface area contributed by atoms with Gasteiger partial charge in [-0.1, -0.05) is 42.9 Å². The number of rotatable bonds is 11. The van der Waals surface area contributed by atoms with E-state index in [-0.39, 0.29) is 10.8 Å². The van der Waals surface area contributed by atoms with Gasteiger partial charge in [-0.2, -0.15) is 4.31 Å². The lowest BCUT2D eigenvalue weighted by molar-refractivity contribution is 0.0947. The van der Waals surface area contributed by atoms with Gasteiger partial charge in [0, 0.05) is 57.9 Å². The molecule has 2 aromatic carbocycles. The number of aromatic nitrogens is 1. The molecule has 1 aliphatic heterocycles. The molecule has 11 heteroatoms. The van der Waals surface area contributed by atoms with Gasteiger partial charge in [0.2, 0.25) is 10.0 Å². The zero-order chi connectivity index (χ0) is 27.3. The molecule has 8 nitrogen and oxygen atoms in total. The molecule has 1 fully saturated rings. The van der Waals surface area contributed by atoms with Gasteiger partial charge in [-0.05, 0) is 55.7 Å². The molecule has 1 amide bonds. The Kier molecular flexibility index (Phi) is 9.64. The van der Waals surface area contributed by atoms with Gasteiger partial charge in [0.05, 0.1) is 20.1 Å². The number of piperazine rings is 1. The van der Waals surface area contributed by atoms with Crippen molar-refractivity contribution in [3.63, 3.8) is 0 Å². The minimum Gasteiger partial charge on any atom is -0.351 e. The third-order valence-electron chi connectivity index (χ3n) is 6.74. The van der Waals surface area contributed by atoms with Crippen LogP contribution >= 0.6 is 22.9 Å². The molecule has 0 atom stereocenters. The number of sulfonamides is 1. The van der Waals surface area contributed by atoms with Gasteiger partial charge >= 0.3 is 0 Å². The Bertz CT molecular complexity index is 1310. The maximum atomic E-state index is 12.9. The van der Waals surface area contributed by atoms with Gasteiger partial charge in [0.25, 0.3) is 5.91 Å². The molecule has 1 aromatic heterocycles. The summed E-state index contributed by atoms with van der Waals surface area (Å²) in [6, 6.07) is 10.2. The summed E-state index contributed by atoms with van der Waals surface area (Å²) < 4.78 is 28.4. The summed E-state index contributed by atoms with van der Waals surface area (Å²) >= 11 is 8.02. The number of aryl methyl sites for hydroxylation is 1. The monoisotopic (exact) mass is 577 g/mol. The van der Waals surface area contributed by atoms with Gasteiger partial charge in [-0.15, -0.1) is 0 Å². The molecule has 3 aromatic rings. The number of anilines is 1. The first kappa shape index (κ1) is 28.8. The van der Waals surface area contributed by atoms with Crippen LogP contribution in [0.25, 0.3) is 10.2 Å². The summed E-state index contributed by atoms with van der Waals surface area (Å²) in [6.45, 7) is 11.7. The van der Waals surface area contributed by atoms with Crippen molar-refractivity contribution in [1.82, 2.24) is 19.5 Å². The summed E-state index contributed by atoms with van der Waals surface area (Å²) in [5.74, 6) is -0.201. The van der Waals surface area contributed by atoms with Crippen LogP contribution in [0.3, 0.4) is 0 Å². The van der Waals surface area contributed by atoms with Crippen LogP contribution < -0.4 is 10.2 Å². The van der Waals surface area contributed by atoms with E-state index < -0.39 is 10.0 Å². The lowest BCUT2D eigenvalue weighted by atomic mass is 10.2. The van der Waals surface area contributed by atoms with Crippen molar-refractivity contribution < 1.29 is 13.2 Å². The third kappa shape index (κ3) is 6.48. The van der Waals surface area contributed by atoms with Crippen LogP contribution in [0, 0.1) is 6.92 Å². The quantitative estimate of drug-likeness (QED) is 0.358. The average molecular weight is 578 g/mol. The molecule has 206 valence electrons. The topological polar surface area (TPSA) is 85.8 Å². The highest BCUT2D eigenvalue weighted by Crippen LogP contribution is 2.35. The third-order valence-corrected chi connectivity index (χ3v) is 10.2. The van der Waals surface area contributed by atoms with E-state index in [1.54, 1.807) is 23.5 Å². The van der Waals surface area contributed by atoms with Crippen LogP contribution in [0.5, 0.6) is 0 Å². The second kappa shape index (κ2) is 12.7. The highest BCUT2D eigenvalue weighted by atomic mass is 35.5. The summed E-state index contributed by atoms with van der Waals surface area (Å²) in [7, 11) is -3.56. The van der Waals surface area contributed by atoms with Crippen molar-refractivity contribution in [1.29, 1.82) is 0 Å². The summed E-state index contributed by atoms with van der Waals surface area (Å²) in [6.07, 6.45) is 1.51. The molecule has 1 saturated heterocycles. The Hall–Kier alpha value is -2.24. The molecule has 4 rings (SSSR count). The standard InChI is InChI=1S/C27H36ClN5O3S2/c1-4-13-33(14-5-2)38(35,36)22-9-7-21(8-10-22)26(34)29-12-15-31-16-18-32(19-17-31)27-30-24-20(3)6-11-23(28)25(24)37-27/h6-11H,4-5,12-19H2,1-3H3,(H,29,34). The predicted octanol–water partition coefficient (Wildman–Crippen LogP) is 4.62. The van der Waals surface area contributed by atoms with Gasteiger partial charge < -0.3 is 10.2 Å². The highest BCUT2D eigenvalue weighted by molar-refractivity contribution is 7.89.